The normalized spacial score (nSPS) is 12.4. The van der Waals surface area contributed by atoms with Crippen molar-refractivity contribution in [1.29, 1.82) is 0 Å². The van der Waals surface area contributed by atoms with Crippen LogP contribution < -0.4 is 0 Å². The zero-order chi connectivity index (χ0) is 28.2. The summed E-state index contributed by atoms with van der Waals surface area (Å²) in [4.78, 5) is 0. The maximum absolute atomic E-state index is 11.4. The van der Waals surface area contributed by atoms with Crippen molar-refractivity contribution >= 4 is 17.4 Å². The van der Waals surface area contributed by atoms with Crippen molar-refractivity contribution in [3.05, 3.63) is 0 Å². The van der Waals surface area contributed by atoms with Gasteiger partial charge in [-0.2, -0.15) is 0 Å². The maximum Gasteiger partial charge on any atom is 0.0947 e. The van der Waals surface area contributed by atoms with Crippen LogP contribution in [0.4, 0.5) is 0 Å². The zero-order valence-corrected chi connectivity index (χ0v) is 28.0. The maximum atomic E-state index is 11.4. The Morgan fingerprint density at radius 1 is 0.395 bits per heavy atom. The predicted molar refractivity (Wildman–Crippen MR) is 173 cm³/mol. The highest BCUT2D eigenvalue weighted by molar-refractivity contribution is 7.85. The second-order valence-electron chi connectivity index (χ2n) is 12.3. The Bertz CT molecular complexity index is 528. The molecule has 0 atom stereocenters. The molecule has 0 fully saturated rings. The van der Waals surface area contributed by atoms with Crippen molar-refractivity contribution in [3.8, 4) is 0 Å². The molecule has 0 saturated heterocycles. The van der Waals surface area contributed by atoms with Crippen LogP contribution in [0.25, 0.3) is 0 Å². The van der Waals surface area contributed by atoms with E-state index >= 15 is 0 Å². The third kappa shape index (κ3) is 26.6. The first-order valence-electron chi connectivity index (χ1n) is 17.2. The summed E-state index contributed by atoms with van der Waals surface area (Å²) in [5, 5.41) is 0. The standard InChI is InChI=1S/C33H69O3PS/c1-4-7-10-13-16-19-22-25-29-37(32-28-33-38(34,35)36,30-26-23-20-17-14-11-8-5-2)31-27-24-21-18-15-12-9-6-3/h4-33H2,1-3H3. The van der Waals surface area contributed by atoms with Gasteiger partial charge in [0.1, 0.15) is 0 Å². The number of rotatable bonds is 31. The smallest absolute Gasteiger partial charge is 0.0947 e. The monoisotopic (exact) mass is 576 g/mol. The van der Waals surface area contributed by atoms with E-state index in [4.69, 9.17) is 0 Å². The lowest BCUT2D eigenvalue weighted by atomic mass is 10.1. The summed E-state index contributed by atoms with van der Waals surface area (Å²) in [7, 11) is -5.28. The zero-order valence-electron chi connectivity index (χ0n) is 26.3. The molecule has 0 rings (SSSR count). The molecule has 3 nitrogen and oxygen atoms in total. The Labute approximate surface area is 241 Å². The van der Waals surface area contributed by atoms with Gasteiger partial charge >= 0.3 is 0 Å². The van der Waals surface area contributed by atoms with E-state index in [0.29, 0.717) is 6.42 Å². The van der Waals surface area contributed by atoms with Crippen molar-refractivity contribution in [2.45, 2.75) is 181 Å². The fourth-order valence-electron chi connectivity index (χ4n) is 5.99. The first kappa shape index (κ1) is 38.3. The molecule has 0 N–H and O–H groups in total. The summed E-state index contributed by atoms with van der Waals surface area (Å²) in [5.74, 6) is -0.152. The van der Waals surface area contributed by atoms with Gasteiger partial charge in [0.25, 0.3) is 0 Å². The molecule has 0 saturated carbocycles. The van der Waals surface area contributed by atoms with Gasteiger partial charge in [-0.15, -0.1) is 0 Å². The quantitative estimate of drug-likeness (QED) is 0.0468. The highest BCUT2D eigenvalue weighted by atomic mass is 32.2. The summed E-state index contributed by atoms with van der Waals surface area (Å²) in [6.45, 7) is 6.83. The lowest BCUT2D eigenvalue weighted by Crippen LogP contribution is -2.16. The Balaban J connectivity index is 4.84. The molecule has 0 amide bonds. The minimum Gasteiger partial charge on any atom is -0.748 e. The molecule has 230 valence electrons. The third-order valence-corrected chi connectivity index (χ3v) is 14.3. The fraction of sp³-hybridized carbons (Fsp3) is 1.00. The number of hydrogen-bond acceptors (Lipinski definition) is 3. The minimum atomic E-state index is -4.10. The summed E-state index contributed by atoms with van der Waals surface area (Å²) >= 11 is 0. The van der Waals surface area contributed by atoms with Crippen LogP contribution in [0.3, 0.4) is 0 Å². The number of unbranched alkanes of at least 4 members (excludes halogenated alkanes) is 21. The van der Waals surface area contributed by atoms with Crippen LogP contribution >= 0.6 is 7.26 Å². The molecule has 0 bridgehead atoms. The van der Waals surface area contributed by atoms with Crippen LogP contribution in [0.5, 0.6) is 0 Å². The molecule has 0 radical (unpaired) electrons. The van der Waals surface area contributed by atoms with E-state index in [9.17, 15) is 13.0 Å². The molecular weight excluding hydrogens is 507 g/mol. The van der Waals surface area contributed by atoms with Crippen LogP contribution in [0, 0.1) is 0 Å². The molecule has 0 aliphatic rings. The van der Waals surface area contributed by atoms with Gasteiger partial charge in [-0.25, -0.2) is 8.42 Å². The molecule has 0 aromatic rings. The van der Waals surface area contributed by atoms with Gasteiger partial charge < -0.3 is 4.55 Å². The first-order valence-corrected chi connectivity index (χ1v) is 21.3. The topological polar surface area (TPSA) is 57.2 Å². The summed E-state index contributed by atoms with van der Waals surface area (Å²) < 4.78 is 34.2. The Morgan fingerprint density at radius 3 is 0.895 bits per heavy atom. The molecule has 5 heteroatoms. The largest absolute Gasteiger partial charge is 0.748 e. The van der Waals surface area contributed by atoms with Gasteiger partial charge in [0.05, 0.1) is 34.8 Å². The van der Waals surface area contributed by atoms with Gasteiger partial charge in [0.2, 0.25) is 0 Å². The third-order valence-electron chi connectivity index (χ3n) is 8.48. The van der Waals surface area contributed by atoms with E-state index in [0.717, 1.165) is 6.16 Å². The second-order valence-corrected chi connectivity index (χ2v) is 18.3. The SMILES string of the molecule is CCCCCCCCCC[P+](CCCCCCCCCC)(CCCCCCCCCC)CCCS(=O)(=O)[O-]. The van der Waals surface area contributed by atoms with Gasteiger partial charge in [0, 0.05) is 13.0 Å². The molecule has 0 heterocycles. The van der Waals surface area contributed by atoms with E-state index < -0.39 is 17.4 Å². The highest BCUT2D eigenvalue weighted by Gasteiger charge is 2.35. The Morgan fingerprint density at radius 2 is 0.632 bits per heavy atom. The van der Waals surface area contributed by atoms with Crippen molar-refractivity contribution < 1.29 is 13.0 Å². The molecule has 0 unspecified atom stereocenters. The average Bonchev–Trinajstić information content (AvgIpc) is 2.88. The predicted octanol–water partition coefficient (Wildman–Crippen LogP) is 11.4. The first-order chi connectivity index (χ1) is 18.4. The van der Waals surface area contributed by atoms with E-state index in [2.05, 4.69) is 20.8 Å². The average molecular weight is 577 g/mol. The highest BCUT2D eigenvalue weighted by Crippen LogP contribution is 2.61. The summed E-state index contributed by atoms with van der Waals surface area (Å²) in [6, 6.07) is 0. The lowest BCUT2D eigenvalue weighted by molar-refractivity contribution is 0.462. The van der Waals surface area contributed by atoms with Crippen molar-refractivity contribution in [1.82, 2.24) is 0 Å². The summed E-state index contributed by atoms with van der Waals surface area (Å²) in [5.41, 5.74) is 0. The lowest BCUT2D eigenvalue weighted by Gasteiger charge is -2.29. The Kier molecular flexibility index (Phi) is 27.8. The second kappa shape index (κ2) is 27.5. The molecule has 38 heavy (non-hydrogen) atoms. The van der Waals surface area contributed by atoms with E-state index in [1.165, 1.54) is 173 Å². The molecule has 0 aromatic heterocycles. The van der Waals surface area contributed by atoms with Crippen LogP contribution in [0.15, 0.2) is 0 Å². The molecule has 0 aromatic carbocycles. The van der Waals surface area contributed by atoms with Gasteiger partial charge in [-0.1, -0.05) is 136 Å². The van der Waals surface area contributed by atoms with Gasteiger partial charge in [0.15, 0.2) is 0 Å². The molecule has 0 aliphatic heterocycles. The van der Waals surface area contributed by atoms with Crippen LogP contribution in [-0.4, -0.2) is 43.4 Å². The fourth-order valence-corrected chi connectivity index (χ4v) is 11.6. The van der Waals surface area contributed by atoms with E-state index in [1.807, 2.05) is 0 Å². The van der Waals surface area contributed by atoms with E-state index in [-0.39, 0.29) is 5.75 Å². The van der Waals surface area contributed by atoms with Crippen molar-refractivity contribution in [2.75, 3.05) is 30.4 Å². The number of hydrogen-bond donors (Lipinski definition) is 0. The van der Waals surface area contributed by atoms with Crippen LogP contribution in [0.1, 0.15) is 181 Å². The van der Waals surface area contributed by atoms with Crippen LogP contribution in [-0.2, 0) is 10.1 Å². The van der Waals surface area contributed by atoms with Gasteiger partial charge in [-0.05, 0) is 44.9 Å². The van der Waals surface area contributed by atoms with E-state index in [1.54, 1.807) is 0 Å². The van der Waals surface area contributed by atoms with Crippen molar-refractivity contribution in [3.63, 3.8) is 0 Å². The van der Waals surface area contributed by atoms with Crippen molar-refractivity contribution in [2.24, 2.45) is 0 Å². The summed E-state index contributed by atoms with van der Waals surface area (Å²) in [6.07, 6.45) is 38.1. The minimum absolute atomic E-state index is 0.152. The van der Waals surface area contributed by atoms with Crippen LogP contribution in [0.2, 0.25) is 0 Å². The molecular formula is C33H69O3PS. The van der Waals surface area contributed by atoms with Gasteiger partial charge in [-0.3, -0.25) is 0 Å². The molecule has 0 spiro atoms. The Hall–Kier alpha value is 0.340. The molecule has 0 aliphatic carbocycles.